The summed E-state index contributed by atoms with van der Waals surface area (Å²) >= 11 is 0. The van der Waals surface area contributed by atoms with Crippen LogP contribution in [-0.4, -0.2) is 43.7 Å². The van der Waals surface area contributed by atoms with Crippen LogP contribution in [-0.2, 0) is 4.74 Å². The summed E-state index contributed by atoms with van der Waals surface area (Å²) in [6.45, 7) is 8.25. The van der Waals surface area contributed by atoms with Crippen molar-refractivity contribution in [1.82, 2.24) is 4.90 Å². The van der Waals surface area contributed by atoms with Crippen LogP contribution in [0.2, 0.25) is 0 Å². The highest BCUT2D eigenvalue weighted by atomic mass is 127. The Kier molecular flexibility index (Phi) is 9.02. The number of nitrogens with zero attached hydrogens (tertiary/aromatic N) is 2. The Balaban J connectivity index is 0.00000225. The third kappa shape index (κ3) is 6.52. The summed E-state index contributed by atoms with van der Waals surface area (Å²) in [4.78, 5) is 6.32. The minimum absolute atomic E-state index is 0. The maximum absolute atomic E-state index is 5.81. The lowest BCUT2D eigenvalue weighted by molar-refractivity contribution is 0.131. The summed E-state index contributed by atoms with van der Waals surface area (Å²) in [5.74, 6) is 1.46. The van der Waals surface area contributed by atoms with Crippen LogP contribution in [0.4, 0.5) is 0 Å². The Morgan fingerprint density at radius 3 is 2.50 bits per heavy atom. The van der Waals surface area contributed by atoms with Crippen LogP contribution in [0.5, 0.6) is 0 Å². The molecular formula is C11H24IN3O. The van der Waals surface area contributed by atoms with Crippen molar-refractivity contribution in [3.8, 4) is 0 Å². The number of guanidine groups is 1. The standard InChI is InChI=1S/C11H23N3O.HI/c1-3-14(4-2)11(12)13-7-8-15-9-10-5-6-10;/h10H,3-9H2,1-2H3,(H2,12,13);1H. The zero-order valence-electron chi connectivity index (χ0n) is 10.3. The first-order chi connectivity index (χ1) is 7.27. The lowest BCUT2D eigenvalue weighted by atomic mass is 10.5. The molecule has 0 aromatic carbocycles. The monoisotopic (exact) mass is 341 g/mol. The Morgan fingerprint density at radius 2 is 2.00 bits per heavy atom. The van der Waals surface area contributed by atoms with Gasteiger partial charge in [0.05, 0.1) is 13.2 Å². The summed E-state index contributed by atoms with van der Waals surface area (Å²) in [5.41, 5.74) is 5.81. The van der Waals surface area contributed by atoms with Crippen molar-refractivity contribution in [3.05, 3.63) is 0 Å². The van der Waals surface area contributed by atoms with Gasteiger partial charge in [-0.25, -0.2) is 0 Å². The zero-order valence-corrected chi connectivity index (χ0v) is 12.6. The highest BCUT2D eigenvalue weighted by molar-refractivity contribution is 14.0. The van der Waals surface area contributed by atoms with E-state index in [2.05, 4.69) is 18.8 Å². The highest BCUT2D eigenvalue weighted by Gasteiger charge is 2.20. The molecule has 0 radical (unpaired) electrons. The minimum atomic E-state index is 0. The van der Waals surface area contributed by atoms with Crippen LogP contribution in [0.1, 0.15) is 26.7 Å². The minimum Gasteiger partial charge on any atom is -0.379 e. The lowest BCUT2D eigenvalue weighted by Gasteiger charge is -2.19. The predicted octanol–water partition coefficient (Wildman–Crippen LogP) is 1.69. The van der Waals surface area contributed by atoms with Crippen LogP contribution < -0.4 is 5.73 Å². The van der Waals surface area contributed by atoms with Gasteiger partial charge in [-0.2, -0.15) is 0 Å². The van der Waals surface area contributed by atoms with E-state index >= 15 is 0 Å². The molecule has 0 amide bonds. The van der Waals surface area contributed by atoms with Crippen LogP contribution in [0, 0.1) is 5.92 Å². The first-order valence-electron chi connectivity index (χ1n) is 5.90. The van der Waals surface area contributed by atoms with Gasteiger partial charge in [0, 0.05) is 19.7 Å². The van der Waals surface area contributed by atoms with E-state index in [1.165, 1.54) is 12.8 Å². The van der Waals surface area contributed by atoms with E-state index in [1.54, 1.807) is 0 Å². The van der Waals surface area contributed by atoms with E-state index in [1.807, 2.05) is 4.90 Å². The van der Waals surface area contributed by atoms with Gasteiger partial charge in [0.25, 0.3) is 0 Å². The summed E-state index contributed by atoms with van der Waals surface area (Å²) in [5, 5.41) is 0. The summed E-state index contributed by atoms with van der Waals surface area (Å²) in [6.07, 6.45) is 2.68. The molecule has 5 heteroatoms. The molecule has 4 nitrogen and oxygen atoms in total. The van der Waals surface area contributed by atoms with Crippen molar-refractivity contribution in [3.63, 3.8) is 0 Å². The van der Waals surface area contributed by atoms with Crippen molar-refractivity contribution < 1.29 is 4.74 Å². The second-order valence-corrected chi connectivity index (χ2v) is 3.93. The predicted molar refractivity (Wildman–Crippen MR) is 78.4 cm³/mol. The van der Waals surface area contributed by atoms with Gasteiger partial charge in [0.2, 0.25) is 0 Å². The fourth-order valence-corrected chi connectivity index (χ4v) is 1.41. The maximum atomic E-state index is 5.81. The SMILES string of the molecule is CCN(CC)C(N)=NCCOCC1CC1.I. The highest BCUT2D eigenvalue weighted by Crippen LogP contribution is 2.28. The van der Waals surface area contributed by atoms with E-state index < -0.39 is 0 Å². The van der Waals surface area contributed by atoms with Gasteiger partial charge in [0.15, 0.2) is 5.96 Å². The van der Waals surface area contributed by atoms with Gasteiger partial charge in [-0.15, -0.1) is 24.0 Å². The van der Waals surface area contributed by atoms with E-state index in [-0.39, 0.29) is 24.0 Å². The quantitative estimate of drug-likeness (QED) is 0.332. The van der Waals surface area contributed by atoms with E-state index in [4.69, 9.17) is 10.5 Å². The van der Waals surface area contributed by atoms with Gasteiger partial charge in [-0.3, -0.25) is 4.99 Å². The molecule has 0 unspecified atom stereocenters. The molecule has 1 saturated carbocycles. The molecular weight excluding hydrogens is 317 g/mol. The lowest BCUT2D eigenvalue weighted by Crippen LogP contribution is -2.37. The molecule has 1 aliphatic rings. The van der Waals surface area contributed by atoms with Crippen LogP contribution in [0.25, 0.3) is 0 Å². The molecule has 2 N–H and O–H groups in total. The third-order valence-corrected chi connectivity index (χ3v) is 2.65. The first-order valence-corrected chi connectivity index (χ1v) is 5.90. The Hall–Kier alpha value is -0.0400. The van der Waals surface area contributed by atoms with Crippen molar-refractivity contribution in [2.75, 3.05) is 32.8 Å². The van der Waals surface area contributed by atoms with Gasteiger partial charge >= 0.3 is 0 Å². The topological polar surface area (TPSA) is 50.8 Å². The number of aliphatic imine (C=N–C) groups is 1. The molecule has 0 aromatic rings. The molecule has 1 rings (SSSR count). The zero-order chi connectivity index (χ0) is 11.1. The molecule has 1 fully saturated rings. The molecule has 96 valence electrons. The second kappa shape index (κ2) is 9.04. The molecule has 0 aromatic heterocycles. The Bertz CT molecular complexity index is 203. The van der Waals surface area contributed by atoms with Crippen LogP contribution in [0.3, 0.4) is 0 Å². The molecule has 0 saturated heterocycles. The maximum Gasteiger partial charge on any atom is 0.191 e. The summed E-state index contributed by atoms with van der Waals surface area (Å²) in [7, 11) is 0. The van der Waals surface area contributed by atoms with Crippen molar-refractivity contribution in [2.45, 2.75) is 26.7 Å². The van der Waals surface area contributed by atoms with Gasteiger partial charge < -0.3 is 15.4 Å². The van der Waals surface area contributed by atoms with Crippen molar-refractivity contribution in [1.29, 1.82) is 0 Å². The molecule has 0 aliphatic heterocycles. The fraction of sp³-hybridized carbons (Fsp3) is 0.909. The average molecular weight is 341 g/mol. The fourth-order valence-electron chi connectivity index (χ4n) is 1.41. The number of hydrogen-bond donors (Lipinski definition) is 1. The number of hydrogen-bond acceptors (Lipinski definition) is 2. The molecule has 0 atom stereocenters. The van der Waals surface area contributed by atoms with Crippen molar-refractivity contribution in [2.24, 2.45) is 16.6 Å². The van der Waals surface area contributed by atoms with Gasteiger partial charge in [-0.1, -0.05) is 0 Å². The number of ether oxygens (including phenoxy) is 1. The van der Waals surface area contributed by atoms with E-state index in [9.17, 15) is 0 Å². The molecule has 16 heavy (non-hydrogen) atoms. The van der Waals surface area contributed by atoms with Crippen LogP contribution in [0.15, 0.2) is 4.99 Å². The van der Waals surface area contributed by atoms with Gasteiger partial charge in [-0.05, 0) is 32.6 Å². The van der Waals surface area contributed by atoms with E-state index in [0.29, 0.717) is 19.1 Å². The Labute approximate surface area is 116 Å². The molecule has 0 bridgehead atoms. The Morgan fingerprint density at radius 1 is 1.38 bits per heavy atom. The summed E-state index contributed by atoms with van der Waals surface area (Å²) in [6, 6.07) is 0. The summed E-state index contributed by atoms with van der Waals surface area (Å²) < 4.78 is 5.47. The molecule has 0 spiro atoms. The first kappa shape index (κ1) is 16.0. The van der Waals surface area contributed by atoms with E-state index in [0.717, 1.165) is 25.6 Å². The average Bonchev–Trinajstić information content (AvgIpc) is 3.03. The second-order valence-electron chi connectivity index (χ2n) is 3.93. The number of halogens is 1. The van der Waals surface area contributed by atoms with Crippen molar-refractivity contribution >= 4 is 29.9 Å². The molecule has 1 aliphatic carbocycles. The van der Waals surface area contributed by atoms with Gasteiger partial charge in [0.1, 0.15) is 0 Å². The van der Waals surface area contributed by atoms with Crippen LogP contribution >= 0.6 is 24.0 Å². The molecule has 0 heterocycles. The largest absolute Gasteiger partial charge is 0.379 e. The third-order valence-electron chi connectivity index (χ3n) is 2.65. The normalized spacial score (nSPS) is 15.8. The number of rotatable bonds is 7. The smallest absolute Gasteiger partial charge is 0.191 e. The number of nitrogens with two attached hydrogens (primary N) is 1.